The number of fused-ring (bicyclic) bond motifs is 2. The summed E-state index contributed by atoms with van der Waals surface area (Å²) in [5.41, 5.74) is -1.65. The smallest absolute Gasteiger partial charge is 0.407 e. The van der Waals surface area contributed by atoms with Crippen molar-refractivity contribution in [3.05, 3.63) is 69.8 Å². The Hall–Kier alpha value is -4.79. The third-order valence-electron chi connectivity index (χ3n) is 12.5. The first kappa shape index (κ1) is 50.6. The summed E-state index contributed by atoms with van der Waals surface area (Å²) in [5, 5.41) is 20.1. The van der Waals surface area contributed by atoms with Crippen molar-refractivity contribution >= 4 is 62.0 Å². The normalized spacial score (nSPS) is 17.9. The fourth-order valence-electron chi connectivity index (χ4n) is 8.98. The quantitative estimate of drug-likeness (QED) is 0.0477. The fourth-order valence-corrected chi connectivity index (χ4v) is 10.5. The van der Waals surface area contributed by atoms with Gasteiger partial charge in [0.1, 0.15) is 36.7 Å². The fraction of sp³-hybridized carbons (Fsp3) is 0.583. The Kier molecular flexibility index (Phi) is 14.6. The minimum absolute atomic E-state index is 0.00254. The van der Waals surface area contributed by atoms with Gasteiger partial charge in [0.2, 0.25) is 0 Å². The topological polar surface area (TPSA) is 169 Å². The number of hydrogen-bond donors (Lipinski definition) is 2. The van der Waals surface area contributed by atoms with Gasteiger partial charge in [0.05, 0.1) is 45.3 Å². The number of allylic oxidation sites excluding steroid dienone is 2. The van der Waals surface area contributed by atoms with Gasteiger partial charge in [-0.2, -0.15) is 0 Å². The summed E-state index contributed by atoms with van der Waals surface area (Å²) in [5.74, 6) is -2.50. The molecule has 2 fully saturated rings. The molecule has 0 radical (unpaired) electrons. The number of imidazole rings is 2. The zero-order valence-corrected chi connectivity index (χ0v) is 42.7. The van der Waals surface area contributed by atoms with Crippen LogP contribution in [0.15, 0.2) is 35.4 Å². The van der Waals surface area contributed by atoms with E-state index < -0.39 is 74.4 Å². The first-order valence-corrected chi connectivity index (χ1v) is 30.4. The van der Waals surface area contributed by atoms with E-state index in [4.69, 9.17) is 19.4 Å². The van der Waals surface area contributed by atoms with Crippen LogP contribution in [0.5, 0.6) is 0 Å². The van der Waals surface area contributed by atoms with Crippen LogP contribution in [-0.2, 0) is 22.9 Å². The van der Waals surface area contributed by atoms with Crippen molar-refractivity contribution in [1.82, 2.24) is 28.9 Å². The van der Waals surface area contributed by atoms with Crippen molar-refractivity contribution in [3.8, 4) is 0 Å². The van der Waals surface area contributed by atoms with Gasteiger partial charge in [-0.15, -0.1) is 0 Å². The minimum atomic E-state index is -1.45. The van der Waals surface area contributed by atoms with Crippen LogP contribution in [0.1, 0.15) is 112 Å². The number of carbonyl (C=O) groups is 4. The molecular weight excluding hydrogens is 883 g/mol. The summed E-state index contributed by atoms with van der Waals surface area (Å²) in [6.45, 7) is 25.4. The van der Waals surface area contributed by atoms with Crippen LogP contribution in [0.2, 0.25) is 51.4 Å². The third-order valence-corrected chi connectivity index (χ3v) is 15.9. The van der Waals surface area contributed by atoms with Crippen LogP contribution in [0.4, 0.5) is 18.4 Å². The van der Waals surface area contributed by atoms with E-state index in [1.54, 1.807) is 50.7 Å². The number of benzene rings is 2. The van der Waals surface area contributed by atoms with E-state index in [1.807, 2.05) is 0 Å². The zero-order chi connectivity index (χ0) is 48.8. The standard InChI is InChI=1S/C48H68F2N6O8Si2/c1-47(2,3)39(41(57)29-23-33-37(25-31(29)49)55(27-63-19-21-65(7,8)9)43(51-33)35-15-13-17-53(35)45(59)60)40(48(4,5)6)42(58)30-24-34-38(26-32(30)50)56(28-64-20-22-66(10,11)12)44(52-34)36-16-14-18-54(36)46(61)62/h23-26,35-36H,13-22,27-28H2,1-12H3,(H,59,60)(H,61,62)/b40-39+/t35-,36-/m0/s1. The predicted molar refractivity (Wildman–Crippen MR) is 256 cm³/mol. The van der Waals surface area contributed by atoms with E-state index in [9.17, 15) is 19.8 Å². The number of likely N-dealkylation sites (tertiary alicyclic amines) is 2. The largest absolute Gasteiger partial charge is 0.465 e. The lowest BCUT2D eigenvalue weighted by atomic mass is 9.70. The summed E-state index contributed by atoms with van der Waals surface area (Å²) in [4.78, 5) is 67.0. The Morgan fingerprint density at radius 3 is 1.29 bits per heavy atom. The van der Waals surface area contributed by atoms with Gasteiger partial charge in [-0.25, -0.2) is 28.3 Å². The number of halogens is 2. The third kappa shape index (κ3) is 11.0. The van der Waals surface area contributed by atoms with Crippen molar-refractivity contribution < 1.29 is 47.6 Å². The molecule has 0 bridgehead atoms. The molecular formula is C48H68F2N6O8Si2. The number of ether oxygens (including phenoxy) is 2. The number of aromatic nitrogens is 4. The maximum absolute atomic E-state index is 16.7. The molecule has 4 aromatic rings. The van der Waals surface area contributed by atoms with Gasteiger partial charge in [0, 0.05) is 65.7 Å². The minimum Gasteiger partial charge on any atom is -0.465 e. The molecule has 0 aliphatic carbocycles. The summed E-state index contributed by atoms with van der Waals surface area (Å²) >= 11 is 0. The van der Waals surface area contributed by atoms with Crippen LogP contribution < -0.4 is 0 Å². The molecule has 4 heterocycles. The van der Waals surface area contributed by atoms with Gasteiger partial charge < -0.3 is 28.8 Å². The molecule has 2 atom stereocenters. The number of Topliss-reactive ketones (excluding diaryl/α,β-unsaturated/α-hetero) is 2. The molecule has 0 unspecified atom stereocenters. The highest BCUT2D eigenvalue weighted by Gasteiger charge is 2.40. The number of amides is 2. The van der Waals surface area contributed by atoms with Gasteiger partial charge in [-0.3, -0.25) is 19.4 Å². The summed E-state index contributed by atoms with van der Waals surface area (Å²) in [6, 6.07) is 5.66. The molecule has 2 aliphatic rings. The second-order valence-electron chi connectivity index (χ2n) is 22.3. The number of carboxylic acid groups (broad SMARTS) is 2. The number of nitrogens with zero attached hydrogens (tertiary/aromatic N) is 6. The average molecular weight is 951 g/mol. The Labute approximate surface area is 388 Å². The number of hydrogen-bond acceptors (Lipinski definition) is 8. The second-order valence-corrected chi connectivity index (χ2v) is 33.6. The van der Waals surface area contributed by atoms with Crippen molar-refractivity contribution in [1.29, 1.82) is 0 Å². The van der Waals surface area contributed by atoms with Crippen LogP contribution in [0, 0.1) is 22.5 Å². The molecule has 2 aromatic carbocycles. The van der Waals surface area contributed by atoms with Crippen LogP contribution in [-0.4, -0.2) is 105 Å². The van der Waals surface area contributed by atoms with Gasteiger partial charge in [-0.05, 0) is 60.7 Å². The maximum Gasteiger partial charge on any atom is 0.407 e. The Morgan fingerprint density at radius 1 is 0.636 bits per heavy atom. The van der Waals surface area contributed by atoms with Crippen LogP contribution >= 0.6 is 0 Å². The molecule has 360 valence electrons. The van der Waals surface area contributed by atoms with E-state index >= 15 is 18.4 Å². The molecule has 0 spiro atoms. The van der Waals surface area contributed by atoms with Crippen molar-refractivity contribution in [2.45, 2.75) is 144 Å². The number of rotatable bonds is 16. The van der Waals surface area contributed by atoms with Crippen molar-refractivity contribution in [2.75, 3.05) is 26.3 Å². The van der Waals surface area contributed by atoms with Gasteiger partial charge in [-0.1, -0.05) is 80.8 Å². The molecule has 2 amide bonds. The lowest BCUT2D eigenvalue weighted by Gasteiger charge is -2.32. The van der Waals surface area contributed by atoms with E-state index in [2.05, 4.69) is 39.3 Å². The van der Waals surface area contributed by atoms with Gasteiger partial charge in [0.25, 0.3) is 0 Å². The highest BCUT2D eigenvalue weighted by Crippen LogP contribution is 2.43. The zero-order valence-electron chi connectivity index (χ0n) is 40.7. The number of carbonyl (C=O) groups excluding carboxylic acids is 2. The predicted octanol–water partition coefficient (Wildman–Crippen LogP) is 11.4. The van der Waals surface area contributed by atoms with E-state index in [-0.39, 0.29) is 46.8 Å². The van der Waals surface area contributed by atoms with Crippen molar-refractivity contribution in [3.63, 3.8) is 0 Å². The molecule has 2 aliphatic heterocycles. The summed E-state index contributed by atoms with van der Waals surface area (Å²) in [7, 11) is -2.91. The number of ketones is 2. The molecule has 2 N–H and O–H groups in total. The van der Waals surface area contributed by atoms with Crippen LogP contribution in [0.25, 0.3) is 22.1 Å². The highest BCUT2D eigenvalue weighted by molar-refractivity contribution is 6.76. The van der Waals surface area contributed by atoms with E-state index in [0.29, 0.717) is 74.7 Å². The molecule has 66 heavy (non-hydrogen) atoms. The van der Waals surface area contributed by atoms with E-state index in [1.165, 1.54) is 34.1 Å². The first-order chi connectivity index (χ1) is 30.6. The first-order valence-electron chi connectivity index (χ1n) is 23.0. The highest BCUT2D eigenvalue weighted by atomic mass is 28.3. The van der Waals surface area contributed by atoms with Gasteiger partial charge in [0.15, 0.2) is 11.6 Å². The summed E-state index contributed by atoms with van der Waals surface area (Å²) in [6.07, 6.45) is 0.0519. The summed E-state index contributed by atoms with van der Waals surface area (Å²) < 4.78 is 49.1. The molecule has 0 saturated carbocycles. The molecule has 6 rings (SSSR count). The molecule has 2 saturated heterocycles. The maximum atomic E-state index is 16.7. The Morgan fingerprint density at radius 2 is 0.985 bits per heavy atom. The van der Waals surface area contributed by atoms with Gasteiger partial charge >= 0.3 is 12.2 Å². The van der Waals surface area contributed by atoms with Crippen molar-refractivity contribution in [2.24, 2.45) is 10.8 Å². The molecule has 18 heteroatoms. The average Bonchev–Trinajstić information content (AvgIpc) is 3.99. The Bertz CT molecular complexity index is 2390. The SMILES string of the molecule is CC(C)(C)/C(C(=O)c1cc2nc([C@@H]3CCCN3C(=O)O)n(COCC[Si](C)(C)C)c2cc1F)=C(\C(=O)c1cc2nc([C@@H]3CCCN3C(=O)O)n(COCC[Si](C)(C)C)c2cc1F)C(C)(C)C. The lowest BCUT2D eigenvalue weighted by molar-refractivity contribution is 0.0832. The second kappa shape index (κ2) is 19.1. The molecule has 2 aromatic heterocycles. The Balaban J connectivity index is 1.47. The monoisotopic (exact) mass is 950 g/mol. The lowest BCUT2D eigenvalue weighted by Crippen LogP contribution is -2.30. The molecule has 14 nitrogen and oxygen atoms in total. The van der Waals surface area contributed by atoms with E-state index in [0.717, 1.165) is 12.1 Å². The van der Waals surface area contributed by atoms with Crippen LogP contribution in [0.3, 0.4) is 0 Å².